The van der Waals surface area contributed by atoms with Crippen molar-refractivity contribution in [3.8, 4) is 0 Å². The highest BCUT2D eigenvalue weighted by Crippen LogP contribution is 2.49. The third kappa shape index (κ3) is 6.04. The highest BCUT2D eigenvalue weighted by atomic mass is 19.1. The first-order valence-electron chi connectivity index (χ1n) is 19.2. The Morgan fingerprint density at radius 1 is 0.660 bits per heavy atom. The molecular weight excluding hydrogens is 671 g/mol. The molecule has 0 aliphatic carbocycles. The molecule has 272 valence electrons. The molecule has 11 heteroatoms. The van der Waals surface area contributed by atoms with E-state index in [0.29, 0.717) is 25.4 Å². The number of rotatable bonds is 7. The van der Waals surface area contributed by atoms with Crippen LogP contribution in [0, 0.1) is 11.6 Å². The average Bonchev–Trinajstić information content (AvgIpc) is 4.03. The van der Waals surface area contributed by atoms with E-state index >= 15 is 8.78 Å². The van der Waals surface area contributed by atoms with Gasteiger partial charge < -0.3 is 35.1 Å². The number of hydrogen-bond donors (Lipinski definition) is 4. The number of hydrogen-bond acceptors (Lipinski definition) is 7. The van der Waals surface area contributed by atoms with Crippen molar-refractivity contribution in [2.45, 2.75) is 68.8 Å². The number of nitrogens with one attached hydrogen (secondary N) is 4. The standard InChI is InChI=1S/C42H44F2N8O/c43-29-22-28(23-30(44)40(29)51-18-19-53-39(24-51)25-6-2-1-3-7-25)52-37(26-10-12-31-35(20-26)49-41(47-31)33-8-4-16-45-33)14-15-38(52)27-11-13-32-36(21-27)50-42(48-32)34-9-5-17-46-34/h1-3,6-7,10-13,20-23,33-34,37-39,45-46H,4-5,8-9,14-19,24H2,(H,47,49)(H,48,50)/t33?,34?,37-,38-,39?/m1/s1. The second-order valence-electron chi connectivity index (χ2n) is 15.1. The molecule has 4 aliphatic rings. The van der Waals surface area contributed by atoms with Crippen LogP contribution in [0.4, 0.5) is 20.2 Å². The van der Waals surface area contributed by atoms with Gasteiger partial charge in [-0.1, -0.05) is 42.5 Å². The van der Waals surface area contributed by atoms with Gasteiger partial charge in [-0.2, -0.15) is 0 Å². The van der Waals surface area contributed by atoms with Crippen LogP contribution in [-0.4, -0.2) is 52.7 Å². The molecule has 2 aromatic heterocycles. The second-order valence-corrected chi connectivity index (χ2v) is 15.1. The molecule has 6 heterocycles. The van der Waals surface area contributed by atoms with Gasteiger partial charge in [-0.3, -0.25) is 0 Å². The molecule has 0 spiro atoms. The van der Waals surface area contributed by atoms with Crippen LogP contribution in [0.3, 0.4) is 0 Å². The lowest BCUT2D eigenvalue weighted by Crippen LogP contribution is -2.39. The van der Waals surface area contributed by atoms with Gasteiger partial charge in [0.05, 0.1) is 52.8 Å². The van der Waals surface area contributed by atoms with Crippen LogP contribution in [0.2, 0.25) is 0 Å². The third-order valence-corrected chi connectivity index (χ3v) is 11.8. The summed E-state index contributed by atoms with van der Waals surface area (Å²) in [6, 6.07) is 26.0. The van der Waals surface area contributed by atoms with Crippen LogP contribution in [0.5, 0.6) is 0 Å². The first-order valence-corrected chi connectivity index (χ1v) is 19.2. The maximum atomic E-state index is 16.5. The fourth-order valence-corrected chi connectivity index (χ4v) is 9.22. The minimum absolute atomic E-state index is 0.00383. The molecule has 4 N–H and O–H groups in total. The summed E-state index contributed by atoms with van der Waals surface area (Å²) in [6.07, 6.45) is 5.79. The zero-order chi connectivity index (χ0) is 35.5. The van der Waals surface area contributed by atoms with Crippen LogP contribution >= 0.6 is 0 Å². The Kier molecular flexibility index (Phi) is 8.37. The van der Waals surface area contributed by atoms with E-state index in [1.165, 1.54) is 12.1 Å². The molecule has 10 rings (SSSR count). The van der Waals surface area contributed by atoms with Crippen LogP contribution < -0.4 is 20.4 Å². The molecular formula is C42H44F2N8O. The summed E-state index contributed by atoms with van der Waals surface area (Å²) in [5.74, 6) is 0.809. The van der Waals surface area contributed by atoms with Crippen molar-refractivity contribution < 1.29 is 13.5 Å². The topological polar surface area (TPSA) is 97.1 Å². The highest BCUT2D eigenvalue weighted by Gasteiger charge is 2.38. The molecule has 4 aliphatic heterocycles. The highest BCUT2D eigenvalue weighted by molar-refractivity contribution is 5.78. The van der Waals surface area contributed by atoms with Crippen LogP contribution in [0.1, 0.15) is 97.1 Å². The lowest BCUT2D eigenvalue weighted by Gasteiger charge is -2.36. The summed E-state index contributed by atoms with van der Waals surface area (Å²) >= 11 is 0. The molecule has 0 bridgehead atoms. The Bertz CT molecular complexity index is 2140. The van der Waals surface area contributed by atoms with Crippen molar-refractivity contribution in [1.29, 1.82) is 0 Å². The van der Waals surface area contributed by atoms with Crippen molar-refractivity contribution in [2.24, 2.45) is 0 Å². The summed E-state index contributed by atoms with van der Waals surface area (Å²) in [6.45, 7) is 3.17. The Balaban J connectivity index is 1.02. The Hall–Kier alpha value is -4.84. The summed E-state index contributed by atoms with van der Waals surface area (Å²) in [5.41, 5.74) is 7.54. The lowest BCUT2D eigenvalue weighted by molar-refractivity contribution is 0.0393. The number of nitrogens with zero attached hydrogens (tertiary/aromatic N) is 4. The maximum Gasteiger partial charge on any atom is 0.151 e. The monoisotopic (exact) mass is 714 g/mol. The van der Waals surface area contributed by atoms with Gasteiger partial charge in [0.25, 0.3) is 0 Å². The predicted octanol–water partition coefficient (Wildman–Crippen LogP) is 8.23. The summed E-state index contributed by atoms with van der Waals surface area (Å²) in [5, 5.41) is 7.08. The molecule has 4 fully saturated rings. The van der Waals surface area contributed by atoms with Crippen molar-refractivity contribution in [2.75, 3.05) is 42.6 Å². The molecule has 0 amide bonds. The van der Waals surface area contributed by atoms with E-state index < -0.39 is 11.6 Å². The maximum absolute atomic E-state index is 16.5. The molecule has 53 heavy (non-hydrogen) atoms. The molecule has 9 nitrogen and oxygen atoms in total. The molecule has 0 radical (unpaired) electrons. The van der Waals surface area contributed by atoms with Crippen molar-refractivity contribution in [3.63, 3.8) is 0 Å². The van der Waals surface area contributed by atoms with E-state index in [1.54, 1.807) is 4.90 Å². The van der Waals surface area contributed by atoms with Crippen molar-refractivity contribution in [3.05, 3.63) is 119 Å². The molecule has 4 aromatic carbocycles. The van der Waals surface area contributed by atoms with Gasteiger partial charge in [0, 0.05) is 18.8 Å². The van der Waals surface area contributed by atoms with Gasteiger partial charge in [-0.25, -0.2) is 18.7 Å². The number of ether oxygens (including phenoxy) is 1. The number of fused-ring (bicyclic) bond motifs is 2. The molecule has 4 saturated heterocycles. The number of aromatic amines is 2. The zero-order valence-electron chi connectivity index (χ0n) is 29.6. The zero-order valence-corrected chi connectivity index (χ0v) is 29.6. The summed E-state index contributed by atoms with van der Waals surface area (Å²) < 4.78 is 39.0. The van der Waals surface area contributed by atoms with Gasteiger partial charge in [0.15, 0.2) is 11.6 Å². The fraction of sp³-hybridized carbons (Fsp3) is 0.381. The Morgan fingerprint density at radius 2 is 1.25 bits per heavy atom. The van der Waals surface area contributed by atoms with E-state index in [9.17, 15) is 0 Å². The Labute approximate surface area is 307 Å². The molecule has 0 saturated carbocycles. The first-order chi connectivity index (χ1) is 26.1. The fourth-order valence-electron chi connectivity index (χ4n) is 9.22. The first kappa shape index (κ1) is 32.8. The van der Waals surface area contributed by atoms with Crippen LogP contribution in [0.25, 0.3) is 22.1 Å². The van der Waals surface area contributed by atoms with E-state index in [1.807, 2.05) is 30.3 Å². The number of benzene rings is 4. The van der Waals surface area contributed by atoms with Gasteiger partial charge in [-0.05, 0) is 105 Å². The largest absolute Gasteiger partial charge is 0.370 e. The SMILES string of the molecule is Fc1cc(N2[C@@H](c3ccc4nc(C5CCCN5)[nH]c4c3)CC[C@@H]2c2ccc3nc(C4CCCN4)[nH]c3c2)cc(F)c1N1CCOC(c2ccccc2)C1. The minimum Gasteiger partial charge on any atom is -0.370 e. The van der Waals surface area contributed by atoms with Crippen molar-refractivity contribution in [1.82, 2.24) is 30.6 Å². The summed E-state index contributed by atoms with van der Waals surface area (Å²) in [4.78, 5) is 21.0. The smallest absolute Gasteiger partial charge is 0.151 e. The van der Waals surface area contributed by atoms with Gasteiger partial charge in [-0.15, -0.1) is 0 Å². The normalized spacial score (nSPS) is 25.0. The quantitative estimate of drug-likeness (QED) is 0.132. The third-order valence-electron chi connectivity index (χ3n) is 11.8. The number of anilines is 2. The summed E-state index contributed by atoms with van der Waals surface area (Å²) in [7, 11) is 0. The Morgan fingerprint density at radius 3 is 1.79 bits per heavy atom. The van der Waals surface area contributed by atoms with Crippen molar-refractivity contribution >= 4 is 33.4 Å². The van der Waals surface area contributed by atoms with E-state index in [2.05, 4.69) is 61.9 Å². The number of imidazole rings is 2. The van der Waals surface area contributed by atoms with Crippen LogP contribution in [-0.2, 0) is 4.74 Å². The van der Waals surface area contributed by atoms with Gasteiger partial charge >= 0.3 is 0 Å². The van der Waals surface area contributed by atoms with Gasteiger partial charge in [0.1, 0.15) is 23.4 Å². The molecule has 5 atom stereocenters. The van der Waals surface area contributed by atoms with E-state index in [-0.39, 0.29) is 36.0 Å². The number of halogens is 2. The molecule has 3 unspecified atom stereocenters. The minimum atomic E-state index is -0.562. The van der Waals surface area contributed by atoms with Crippen LogP contribution in [0.15, 0.2) is 78.9 Å². The lowest BCUT2D eigenvalue weighted by atomic mass is 10.0. The molecule has 6 aromatic rings. The second kappa shape index (κ2) is 13.5. The van der Waals surface area contributed by atoms with Gasteiger partial charge in [0.2, 0.25) is 0 Å². The average molecular weight is 715 g/mol. The predicted molar refractivity (Wildman–Crippen MR) is 203 cm³/mol. The number of morpholine rings is 1. The number of aromatic nitrogens is 4. The van der Waals surface area contributed by atoms with E-state index in [4.69, 9.17) is 14.7 Å². The number of H-pyrrole nitrogens is 2. The van der Waals surface area contributed by atoms with E-state index in [0.717, 1.165) is 102 Å².